The van der Waals surface area contributed by atoms with Crippen LogP contribution in [0.25, 0.3) is 16.9 Å². The Balaban J connectivity index is 2.13. The molecule has 19 heavy (non-hydrogen) atoms. The summed E-state index contributed by atoms with van der Waals surface area (Å²) in [6, 6.07) is 7.63. The van der Waals surface area contributed by atoms with Gasteiger partial charge in [-0.15, -0.1) is 0 Å². The first-order chi connectivity index (χ1) is 9.13. The van der Waals surface area contributed by atoms with E-state index in [0.29, 0.717) is 16.9 Å². The molecule has 2 aromatic heterocycles. The van der Waals surface area contributed by atoms with Gasteiger partial charge in [-0.1, -0.05) is 12.1 Å². The quantitative estimate of drug-likeness (QED) is 0.764. The van der Waals surface area contributed by atoms with Crippen molar-refractivity contribution in [3.05, 3.63) is 54.4 Å². The molecule has 0 fully saturated rings. The number of halogens is 1. The summed E-state index contributed by atoms with van der Waals surface area (Å²) in [6.45, 7) is 0. The van der Waals surface area contributed by atoms with Crippen LogP contribution in [0.5, 0.6) is 0 Å². The first kappa shape index (κ1) is 11.3. The molecule has 0 saturated heterocycles. The minimum Gasteiger partial charge on any atom is -0.476 e. The normalized spacial score (nSPS) is 10.8. The lowest BCUT2D eigenvalue weighted by atomic mass is 10.1. The molecule has 2 heterocycles. The highest BCUT2D eigenvalue weighted by molar-refractivity contribution is 5.86. The molecule has 0 amide bonds. The van der Waals surface area contributed by atoms with Crippen LogP contribution < -0.4 is 0 Å². The molecule has 3 aromatic rings. The first-order valence-electron chi connectivity index (χ1n) is 5.47. The Bertz CT molecular complexity index is 782. The third-order valence-electron chi connectivity index (χ3n) is 2.69. The van der Waals surface area contributed by atoms with Crippen LogP contribution in [0.2, 0.25) is 0 Å². The molecule has 0 saturated carbocycles. The Morgan fingerprint density at radius 1 is 1.32 bits per heavy atom. The molecule has 3 rings (SSSR count). The lowest BCUT2D eigenvalue weighted by Crippen LogP contribution is -1.94. The molecule has 0 radical (unpaired) electrons. The van der Waals surface area contributed by atoms with E-state index in [0.717, 1.165) is 0 Å². The maximum absolute atomic E-state index is 13.2. The molecule has 0 bridgehead atoms. The Morgan fingerprint density at radius 3 is 2.89 bits per heavy atom. The van der Waals surface area contributed by atoms with Gasteiger partial charge in [-0.2, -0.15) is 0 Å². The summed E-state index contributed by atoms with van der Waals surface area (Å²) in [6.07, 6.45) is 2.83. The van der Waals surface area contributed by atoms with Gasteiger partial charge in [0, 0.05) is 17.8 Å². The molecular weight excluding hydrogens is 249 g/mol. The van der Waals surface area contributed by atoms with Crippen LogP contribution in [0.15, 0.2) is 42.9 Å². The van der Waals surface area contributed by atoms with Crippen molar-refractivity contribution in [1.29, 1.82) is 0 Å². The van der Waals surface area contributed by atoms with E-state index in [1.54, 1.807) is 18.2 Å². The lowest BCUT2D eigenvalue weighted by Gasteiger charge is -2.01. The predicted molar refractivity (Wildman–Crippen MR) is 65.3 cm³/mol. The molecule has 6 heteroatoms. The van der Waals surface area contributed by atoms with Crippen molar-refractivity contribution in [2.75, 3.05) is 0 Å². The summed E-state index contributed by atoms with van der Waals surface area (Å²) >= 11 is 0. The monoisotopic (exact) mass is 257 g/mol. The average Bonchev–Trinajstić information content (AvgIpc) is 2.81. The second kappa shape index (κ2) is 4.16. The van der Waals surface area contributed by atoms with E-state index in [1.807, 2.05) is 0 Å². The summed E-state index contributed by atoms with van der Waals surface area (Å²) in [4.78, 5) is 18.9. The average molecular weight is 257 g/mol. The van der Waals surface area contributed by atoms with Crippen molar-refractivity contribution in [2.24, 2.45) is 0 Å². The number of carboxylic acid groups (broad SMARTS) is 1. The molecule has 1 aromatic carbocycles. The van der Waals surface area contributed by atoms with Gasteiger partial charge in [0.1, 0.15) is 17.8 Å². The Kier molecular flexibility index (Phi) is 2.49. The van der Waals surface area contributed by atoms with Gasteiger partial charge in [0.05, 0.1) is 5.69 Å². The van der Waals surface area contributed by atoms with E-state index in [-0.39, 0.29) is 11.5 Å². The number of rotatable bonds is 2. The lowest BCUT2D eigenvalue weighted by molar-refractivity contribution is 0.0691. The van der Waals surface area contributed by atoms with Crippen LogP contribution in [0.1, 0.15) is 10.5 Å². The summed E-state index contributed by atoms with van der Waals surface area (Å²) in [5.74, 6) is -1.45. The molecule has 1 N–H and O–H groups in total. The summed E-state index contributed by atoms with van der Waals surface area (Å²) < 4.78 is 14.7. The van der Waals surface area contributed by atoms with Gasteiger partial charge in [0.15, 0.2) is 5.69 Å². The number of carboxylic acids is 1. The standard InChI is InChI=1S/C13H8FN3O2/c14-9-3-1-2-8(4-9)10-5-12-16-11(13(18)19)6-17(12)7-15-10/h1-7H,(H,18,19). The fraction of sp³-hybridized carbons (Fsp3) is 0. The maximum Gasteiger partial charge on any atom is 0.356 e. The zero-order valence-electron chi connectivity index (χ0n) is 9.62. The van der Waals surface area contributed by atoms with Gasteiger partial charge in [0.2, 0.25) is 0 Å². The van der Waals surface area contributed by atoms with E-state index in [1.165, 1.54) is 29.1 Å². The third-order valence-corrected chi connectivity index (χ3v) is 2.69. The van der Waals surface area contributed by atoms with Crippen molar-refractivity contribution >= 4 is 11.6 Å². The van der Waals surface area contributed by atoms with Gasteiger partial charge < -0.3 is 5.11 Å². The van der Waals surface area contributed by atoms with E-state index in [2.05, 4.69) is 9.97 Å². The van der Waals surface area contributed by atoms with Gasteiger partial charge in [-0.3, -0.25) is 4.40 Å². The molecular formula is C13H8FN3O2. The third kappa shape index (κ3) is 2.03. The van der Waals surface area contributed by atoms with Crippen LogP contribution in [0.4, 0.5) is 4.39 Å². The van der Waals surface area contributed by atoms with Gasteiger partial charge in [0.25, 0.3) is 0 Å². The topological polar surface area (TPSA) is 67.5 Å². The molecule has 0 spiro atoms. The van der Waals surface area contributed by atoms with Crippen LogP contribution in [-0.2, 0) is 0 Å². The summed E-state index contributed by atoms with van der Waals surface area (Å²) in [5, 5.41) is 8.86. The van der Waals surface area contributed by atoms with Crippen LogP contribution in [-0.4, -0.2) is 25.4 Å². The van der Waals surface area contributed by atoms with Crippen molar-refractivity contribution < 1.29 is 14.3 Å². The first-order valence-corrected chi connectivity index (χ1v) is 5.47. The van der Waals surface area contributed by atoms with E-state index >= 15 is 0 Å². The van der Waals surface area contributed by atoms with Crippen molar-refractivity contribution in [2.45, 2.75) is 0 Å². The minimum atomic E-state index is -1.10. The largest absolute Gasteiger partial charge is 0.476 e. The number of nitrogens with zero attached hydrogens (tertiary/aromatic N) is 3. The minimum absolute atomic E-state index is 0.0572. The molecule has 0 aliphatic carbocycles. The van der Waals surface area contributed by atoms with Crippen LogP contribution in [0.3, 0.4) is 0 Å². The number of hydrogen-bond acceptors (Lipinski definition) is 3. The maximum atomic E-state index is 13.2. The zero-order valence-corrected chi connectivity index (χ0v) is 9.62. The smallest absolute Gasteiger partial charge is 0.356 e. The van der Waals surface area contributed by atoms with Gasteiger partial charge in [-0.25, -0.2) is 19.2 Å². The SMILES string of the molecule is O=C(O)c1cn2cnc(-c3cccc(F)c3)cc2n1. The molecule has 0 unspecified atom stereocenters. The predicted octanol–water partition coefficient (Wildman–Crippen LogP) is 2.23. The number of fused-ring (bicyclic) bond motifs is 1. The Morgan fingerprint density at radius 2 is 2.16 bits per heavy atom. The van der Waals surface area contributed by atoms with Gasteiger partial charge in [-0.05, 0) is 12.1 Å². The Labute approximate surface area is 107 Å². The second-order valence-electron chi connectivity index (χ2n) is 3.98. The van der Waals surface area contributed by atoms with Gasteiger partial charge >= 0.3 is 5.97 Å². The highest BCUT2D eigenvalue weighted by Crippen LogP contribution is 2.19. The second-order valence-corrected chi connectivity index (χ2v) is 3.98. The van der Waals surface area contributed by atoms with Crippen molar-refractivity contribution in [3.8, 4) is 11.3 Å². The molecule has 5 nitrogen and oxygen atoms in total. The van der Waals surface area contributed by atoms with E-state index in [9.17, 15) is 9.18 Å². The molecule has 0 aliphatic heterocycles. The highest BCUT2D eigenvalue weighted by atomic mass is 19.1. The Hall–Kier alpha value is -2.76. The number of imidazole rings is 1. The van der Waals surface area contributed by atoms with Crippen LogP contribution >= 0.6 is 0 Å². The molecule has 94 valence electrons. The van der Waals surface area contributed by atoms with Crippen LogP contribution in [0, 0.1) is 5.82 Å². The number of aromatic nitrogens is 3. The summed E-state index contributed by atoms with van der Waals surface area (Å²) in [7, 11) is 0. The van der Waals surface area contributed by atoms with E-state index in [4.69, 9.17) is 5.11 Å². The summed E-state index contributed by atoms with van der Waals surface area (Å²) in [5.41, 5.74) is 1.54. The zero-order chi connectivity index (χ0) is 13.4. The highest BCUT2D eigenvalue weighted by Gasteiger charge is 2.10. The number of aromatic carboxylic acids is 1. The fourth-order valence-electron chi connectivity index (χ4n) is 1.80. The number of carbonyl (C=O) groups is 1. The number of benzene rings is 1. The van der Waals surface area contributed by atoms with E-state index < -0.39 is 5.97 Å². The van der Waals surface area contributed by atoms with Crippen molar-refractivity contribution in [1.82, 2.24) is 14.4 Å². The molecule has 0 atom stereocenters. The van der Waals surface area contributed by atoms with Crippen molar-refractivity contribution in [3.63, 3.8) is 0 Å². The fourth-order valence-corrected chi connectivity index (χ4v) is 1.80. The number of hydrogen-bond donors (Lipinski definition) is 1. The molecule has 0 aliphatic rings.